The van der Waals surface area contributed by atoms with E-state index in [-0.39, 0.29) is 30.4 Å². The monoisotopic (exact) mass is 542 g/mol. The van der Waals surface area contributed by atoms with Gasteiger partial charge in [-0.25, -0.2) is 8.78 Å². The molecule has 1 heterocycles. The molecule has 3 rings (SSSR count). The van der Waals surface area contributed by atoms with Crippen molar-refractivity contribution in [1.82, 2.24) is 9.80 Å². The lowest BCUT2D eigenvalue weighted by Crippen LogP contribution is -2.46. The second-order valence-electron chi connectivity index (χ2n) is 10.7. The van der Waals surface area contributed by atoms with Crippen LogP contribution in [0.3, 0.4) is 0 Å². The van der Waals surface area contributed by atoms with Gasteiger partial charge in [0.25, 0.3) is 5.91 Å². The number of nitrogens with zero attached hydrogens (tertiary/aromatic N) is 2. The van der Waals surface area contributed by atoms with Crippen LogP contribution in [0.1, 0.15) is 77.8 Å². The summed E-state index contributed by atoms with van der Waals surface area (Å²) in [4.78, 5) is 43.0. The molecular formula is C31H40F2N2O4. The number of benzene rings is 2. The fourth-order valence-corrected chi connectivity index (χ4v) is 5.52. The van der Waals surface area contributed by atoms with Gasteiger partial charge in [-0.05, 0) is 86.4 Å². The van der Waals surface area contributed by atoms with E-state index in [2.05, 4.69) is 0 Å². The zero-order chi connectivity index (χ0) is 28.7. The largest absolute Gasteiger partial charge is 0.392 e. The van der Waals surface area contributed by atoms with Crippen molar-refractivity contribution >= 4 is 17.6 Å². The number of amides is 2. The van der Waals surface area contributed by atoms with Gasteiger partial charge in [0.15, 0.2) is 5.78 Å². The van der Waals surface area contributed by atoms with Crippen LogP contribution in [0.4, 0.5) is 8.78 Å². The zero-order valence-electron chi connectivity index (χ0n) is 23.4. The minimum Gasteiger partial charge on any atom is -0.392 e. The van der Waals surface area contributed by atoms with Gasteiger partial charge >= 0.3 is 0 Å². The molecule has 0 spiro atoms. The van der Waals surface area contributed by atoms with Gasteiger partial charge in [-0.15, -0.1) is 0 Å². The number of Topliss-reactive ketones (excluding diaryl/α,β-unsaturated/α-hetero) is 1. The number of hydrogen-bond acceptors (Lipinski definition) is 4. The smallest absolute Gasteiger partial charge is 0.253 e. The maximum absolute atomic E-state index is 13.9. The first kappa shape index (κ1) is 30.4. The molecule has 1 N–H and O–H groups in total. The van der Waals surface area contributed by atoms with Crippen molar-refractivity contribution in [2.75, 3.05) is 26.7 Å². The average Bonchev–Trinajstić information content (AvgIpc) is 2.88. The van der Waals surface area contributed by atoms with Gasteiger partial charge in [-0.2, -0.15) is 0 Å². The minimum absolute atomic E-state index is 0.0213. The van der Waals surface area contributed by atoms with Gasteiger partial charge in [0.05, 0.1) is 12.0 Å². The van der Waals surface area contributed by atoms with Crippen LogP contribution in [0.25, 0.3) is 0 Å². The molecule has 8 heteroatoms. The Balaban J connectivity index is 1.91. The van der Waals surface area contributed by atoms with E-state index in [1.54, 1.807) is 35.0 Å². The molecule has 0 bridgehead atoms. The first-order chi connectivity index (χ1) is 18.5. The Morgan fingerprint density at radius 2 is 1.64 bits per heavy atom. The number of piperidine rings is 1. The lowest BCUT2D eigenvalue weighted by atomic mass is 9.79. The molecule has 1 aliphatic rings. The minimum atomic E-state index is -1.17. The molecular weight excluding hydrogens is 502 g/mol. The molecule has 212 valence electrons. The number of halogens is 2. The molecule has 39 heavy (non-hydrogen) atoms. The van der Waals surface area contributed by atoms with Gasteiger partial charge in [0.1, 0.15) is 11.6 Å². The quantitative estimate of drug-likeness (QED) is 0.374. The van der Waals surface area contributed by atoms with Crippen LogP contribution in [0.2, 0.25) is 0 Å². The van der Waals surface area contributed by atoms with E-state index in [1.807, 2.05) is 20.8 Å². The van der Waals surface area contributed by atoms with Crippen LogP contribution in [0.15, 0.2) is 36.4 Å². The van der Waals surface area contributed by atoms with Crippen molar-refractivity contribution in [2.45, 2.75) is 65.4 Å². The highest BCUT2D eigenvalue weighted by Crippen LogP contribution is 2.30. The number of aryl methyl sites for hydroxylation is 1. The van der Waals surface area contributed by atoms with E-state index in [0.717, 1.165) is 24.5 Å². The number of aliphatic hydroxyl groups is 1. The van der Waals surface area contributed by atoms with Crippen molar-refractivity contribution in [3.8, 4) is 0 Å². The Morgan fingerprint density at radius 1 is 1.03 bits per heavy atom. The van der Waals surface area contributed by atoms with Gasteiger partial charge in [-0.1, -0.05) is 13.8 Å². The summed E-state index contributed by atoms with van der Waals surface area (Å²) in [6, 6.07) is 8.18. The maximum Gasteiger partial charge on any atom is 0.253 e. The highest BCUT2D eigenvalue weighted by atomic mass is 19.1. The van der Waals surface area contributed by atoms with Crippen LogP contribution < -0.4 is 0 Å². The third kappa shape index (κ3) is 7.94. The predicted molar refractivity (Wildman–Crippen MR) is 147 cm³/mol. The maximum atomic E-state index is 13.9. The summed E-state index contributed by atoms with van der Waals surface area (Å²) in [5.41, 5.74) is 1.82. The van der Waals surface area contributed by atoms with Crippen molar-refractivity contribution in [3.63, 3.8) is 0 Å². The standard InChI is InChI=1S/C31H40F2N2O4/c1-5-9-35(10-6-2)30(38)24-13-20(3)12-22(17-24)28(36)18-23(14-21-15-25(32)19-26(33)16-21)29(37)27-8-7-11-34(4)31(27)39/h12-13,15-17,19,23,27,29,37H,5-11,14,18H2,1-4H3/t23-,27+,29+/m1/s1. The van der Waals surface area contributed by atoms with Crippen LogP contribution in [-0.2, 0) is 11.2 Å². The van der Waals surface area contributed by atoms with E-state index in [1.165, 1.54) is 12.1 Å². The summed E-state index contributed by atoms with van der Waals surface area (Å²) in [5.74, 6) is -3.59. The van der Waals surface area contributed by atoms with E-state index in [9.17, 15) is 28.3 Å². The van der Waals surface area contributed by atoms with Gasteiger partial charge in [0, 0.05) is 50.3 Å². The van der Waals surface area contributed by atoms with E-state index >= 15 is 0 Å². The summed E-state index contributed by atoms with van der Waals surface area (Å²) in [6.45, 7) is 7.65. The normalized spacial score (nSPS) is 17.2. The number of rotatable bonds is 12. The first-order valence-corrected chi connectivity index (χ1v) is 13.9. The van der Waals surface area contributed by atoms with Crippen LogP contribution >= 0.6 is 0 Å². The van der Waals surface area contributed by atoms with Gasteiger partial charge in [0.2, 0.25) is 5.91 Å². The number of hydrogen-bond donors (Lipinski definition) is 1. The summed E-state index contributed by atoms with van der Waals surface area (Å²) in [6.07, 6.45) is 1.53. The van der Waals surface area contributed by atoms with Crippen molar-refractivity contribution in [2.24, 2.45) is 11.8 Å². The van der Waals surface area contributed by atoms with E-state index in [0.29, 0.717) is 49.2 Å². The average molecular weight is 543 g/mol. The molecule has 1 fully saturated rings. The van der Waals surface area contributed by atoms with Crippen molar-refractivity contribution in [1.29, 1.82) is 0 Å². The summed E-state index contributed by atoms with van der Waals surface area (Å²) < 4.78 is 27.9. The highest BCUT2D eigenvalue weighted by molar-refractivity contribution is 6.01. The molecule has 0 aromatic heterocycles. The van der Waals surface area contributed by atoms with Crippen molar-refractivity contribution < 1.29 is 28.3 Å². The Hall–Kier alpha value is -3.13. The molecule has 0 saturated carbocycles. The van der Waals surface area contributed by atoms with E-state index in [4.69, 9.17) is 0 Å². The summed E-state index contributed by atoms with van der Waals surface area (Å²) in [7, 11) is 1.68. The van der Waals surface area contributed by atoms with Crippen LogP contribution in [0, 0.1) is 30.4 Å². The third-order valence-electron chi connectivity index (χ3n) is 7.39. The Kier molecular flexibility index (Phi) is 10.7. The number of carbonyl (C=O) groups excluding carboxylic acids is 3. The Morgan fingerprint density at radius 3 is 2.26 bits per heavy atom. The zero-order valence-corrected chi connectivity index (χ0v) is 23.4. The molecule has 0 unspecified atom stereocenters. The lowest BCUT2D eigenvalue weighted by molar-refractivity contribution is -0.143. The fraction of sp³-hybridized carbons (Fsp3) is 0.516. The SMILES string of the molecule is CCCN(CCC)C(=O)c1cc(C)cc(C(=O)C[C@@H](Cc2cc(F)cc(F)c2)[C@H](O)[C@@H]2CCCN(C)C2=O)c1. The Labute approximate surface area is 230 Å². The second-order valence-corrected chi connectivity index (χ2v) is 10.7. The summed E-state index contributed by atoms with van der Waals surface area (Å²) in [5, 5.41) is 11.4. The highest BCUT2D eigenvalue weighted by Gasteiger charge is 2.37. The van der Waals surface area contributed by atoms with Crippen LogP contribution in [-0.4, -0.2) is 65.3 Å². The molecule has 6 nitrogen and oxygen atoms in total. The second kappa shape index (κ2) is 13.8. The Bertz CT molecular complexity index is 1160. The molecule has 2 aromatic rings. The first-order valence-electron chi connectivity index (χ1n) is 13.9. The predicted octanol–water partition coefficient (Wildman–Crippen LogP) is 5.20. The fourth-order valence-electron chi connectivity index (χ4n) is 5.52. The number of aliphatic hydroxyl groups excluding tert-OH is 1. The molecule has 0 aliphatic carbocycles. The molecule has 0 radical (unpaired) electrons. The van der Waals surface area contributed by atoms with Gasteiger partial charge < -0.3 is 14.9 Å². The number of carbonyl (C=O) groups is 3. The van der Waals surface area contributed by atoms with Crippen molar-refractivity contribution in [3.05, 3.63) is 70.3 Å². The summed E-state index contributed by atoms with van der Waals surface area (Å²) >= 11 is 0. The number of likely N-dealkylation sites (tertiary alicyclic amines) is 1. The third-order valence-corrected chi connectivity index (χ3v) is 7.39. The number of ketones is 1. The molecule has 1 aliphatic heterocycles. The van der Waals surface area contributed by atoms with Gasteiger partial charge in [-0.3, -0.25) is 14.4 Å². The molecule has 2 aromatic carbocycles. The molecule has 2 amide bonds. The lowest BCUT2D eigenvalue weighted by Gasteiger charge is -2.35. The molecule has 3 atom stereocenters. The van der Waals surface area contributed by atoms with Crippen LogP contribution in [0.5, 0.6) is 0 Å². The van der Waals surface area contributed by atoms with E-state index < -0.39 is 29.6 Å². The topological polar surface area (TPSA) is 77.9 Å². The molecule has 1 saturated heterocycles.